The Morgan fingerprint density at radius 2 is 2.00 bits per heavy atom. The Kier molecular flexibility index (Phi) is 4.01. The van der Waals surface area contributed by atoms with Gasteiger partial charge in [-0.1, -0.05) is 12.5 Å². The summed E-state index contributed by atoms with van der Waals surface area (Å²) in [5, 5.41) is 0. The third-order valence-electron chi connectivity index (χ3n) is 4.31. The second-order valence-corrected chi connectivity index (χ2v) is 5.85. The second-order valence-electron chi connectivity index (χ2n) is 5.85. The predicted molar refractivity (Wildman–Crippen MR) is 83.6 cm³/mol. The van der Waals surface area contributed by atoms with Crippen molar-refractivity contribution in [1.29, 1.82) is 0 Å². The molecule has 1 amide bonds. The van der Waals surface area contributed by atoms with Crippen LogP contribution in [0.5, 0.6) is 5.75 Å². The van der Waals surface area contributed by atoms with E-state index in [2.05, 4.69) is 4.90 Å². The lowest BCUT2D eigenvalue weighted by atomic mass is 10.1. The van der Waals surface area contributed by atoms with Crippen molar-refractivity contribution in [3.8, 4) is 5.75 Å². The molecule has 1 unspecified atom stereocenters. The number of amides is 1. The number of para-hydroxylation sites is 1. The molecule has 2 aliphatic heterocycles. The lowest BCUT2D eigenvalue weighted by Gasteiger charge is -2.35. The zero-order valence-electron chi connectivity index (χ0n) is 12.5. The Labute approximate surface area is 125 Å². The molecule has 1 atom stereocenters. The van der Waals surface area contributed by atoms with Crippen LogP contribution >= 0.6 is 0 Å². The molecule has 0 bridgehead atoms. The number of benzene rings is 1. The molecule has 3 rings (SSSR count). The first-order chi connectivity index (χ1) is 10.2. The Hall–Kier alpha value is -1.75. The molecule has 1 fully saturated rings. The largest absolute Gasteiger partial charge is 0.477 e. The summed E-state index contributed by atoms with van der Waals surface area (Å²) in [5.74, 6) is 0.661. The van der Waals surface area contributed by atoms with Crippen molar-refractivity contribution < 1.29 is 9.53 Å². The maximum absolute atomic E-state index is 12.4. The van der Waals surface area contributed by atoms with E-state index in [4.69, 9.17) is 10.5 Å². The molecule has 5 heteroatoms. The summed E-state index contributed by atoms with van der Waals surface area (Å²) in [4.78, 5) is 16.7. The summed E-state index contributed by atoms with van der Waals surface area (Å²) in [6.07, 6.45) is 3.38. The summed E-state index contributed by atoms with van der Waals surface area (Å²) in [7, 11) is 0. The fourth-order valence-electron chi connectivity index (χ4n) is 3.10. The van der Waals surface area contributed by atoms with Crippen LogP contribution in [0.2, 0.25) is 0 Å². The zero-order valence-corrected chi connectivity index (χ0v) is 12.5. The van der Waals surface area contributed by atoms with E-state index in [9.17, 15) is 4.79 Å². The first kappa shape index (κ1) is 14.2. The van der Waals surface area contributed by atoms with Crippen molar-refractivity contribution >= 4 is 17.3 Å². The first-order valence-electron chi connectivity index (χ1n) is 7.75. The van der Waals surface area contributed by atoms with Crippen molar-refractivity contribution in [1.82, 2.24) is 4.90 Å². The zero-order chi connectivity index (χ0) is 14.8. The third kappa shape index (κ3) is 2.83. The normalized spacial score (nSPS) is 22.8. The highest BCUT2D eigenvalue weighted by atomic mass is 16.5. The summed E-state index contributed by atoms with van der Waals surface area (Å²) < 4.78 is 5.67. The van der Waals surface area contributed by atoms with Gasteiger partial charge < -0.3 is 20.3 Å². The standard InChI is InChI=1S/C16H23N3O2/c1-12-16(20)19(11-10-18-8-3-2-4-9-18)14-7-5-6-13(17)15(14)21-12/h5-7,12H,2-4,8-11,17H2,1H3. The van der Waals surface area contributed by atoms with Gasteiger partial charge in [-0.2, -0.15) is 0 Å². The molecule has 0 spiro atoms. The fraction of sp³-hybridized carbons (Fsp3) is 0.562. The predicted octanol–water partition coefficient (Wildman–Crippen LogP) is 1.87. The average molecular weight is 289 g/mol. The van der Waals surface area contributed by atoms with E-state index in [0.29, 0.717) is 18.0 Å². The molecule has 5 nitrogen and oxygen atoms in total. The van der Waals surface area contributed by atoms with Gasteiger partial charge in [0.15, 0.2) is 11.9 Å². The topological polar surface area (TPSA) is 58.8 Å². The fourth-order valence-corrected chi connectivity index (χ4v) is 3.10. The van der Waals surface area contributed by atoms with Gasteiger partial charge in [0, 0.05) is 13.1 Å². The molecule has 21 heavy (non-hydrogen) atoms. The molecule has 2 heterocycles. The van der Waals surface area contributed by atoms with E-state index in [1.807, 2.05) is 23.1 Å². The molecule has 1 saturated heterocycles. The molecule has 1 aromatic rings. The number of hydrogen-bond acceptors (Lipinski definition) is 4. The Morgan fingerprint density at radius 3 is 2.76 bits per heavy atom. The second kappa shape index (κ2) is 5.93. The van der Waals surface area contributed by atoms with E-state index in [-0.39, 0.29) is 5.91 Å². The minimum atomic E-state index is -0.469. The third-order valence-corrected chi connectivity index (χ3v) is 4.31. The number of hydrogen-bond donors (Lipinski definition) is 1. The molecule has 1 aromatic carbocycles. The minimum Gasteiger partial charge on any atom is -0.477 e. The van der Waals surface area contributed by atoms with Crippen LogP contribution in [-0.2, 0) is 4.79 Å². The number of piperidine rings is 1. The summed E-state index contributed by atoms with van der Waals surface area (Å²) in [6, 6.07) is 5.59. The van der Waals surface area contributed by atoms with Crippen molar-refractivity contribution in [3.05, 3.63) is 18.2 Å². The van der Waals surface area contributed by atoms with E-state index >= 15 is 0 Å². The SMILES string of the molecule is CC1Oc2c(N)cccc2N(CCN2CCCCC2)C1=O. The number of carbonyl (C=O) groups is 1. The number of carbonyl (C=O) groups excluding carboxylic acids is 1. The lowest BCUT2D eigenvalue weighted by Crippen LogP contribution is -2.48. The van der Waals surface area contributed by atoms with Crippen molar-refractivity contribution in [2.75, 3.05) is 36.8 Å². The van der Waals surface area contributed by atoms with Crippen LogP contribution in [-0.4, -0.2) is 43.1 Å². The number of fused-ring (bicyclic) bond motifs is 1. The van der Waals surface area contributed by atoms with Crippen molar-refractivity contribution in [2.24, 2.45) is 0 Å². The van der Waals surface area contributed by atoms with E-state index < -0.39 is 6.10 Å². The van der Waals surface area contributed by atoms with Crippen molar-refractivity contribution in [2.45, 2.75) is 32.3 Å². The molecule has 0 aromatic heterocycles. The molecule has 0 aliphatic carbocycles. The van der Waals surface area contributed by atoms with Gasteiger partial charge in [-0.25, -0.2) is 0 Å². The van der Waals surface area contributed by atoms with Gasteiger partial charge in [-0.05, 0) is 45.0 Å². The van der Waals surface area contributed by atoms with Crippen LogP contribution in [0.3, 0.4) is 0 Å². The molecule has 114 valence electrons. The maximum Gasteiger partial charge on any atom is 0.267 e. The molecule has 0 saturated carbocycles. The maximum atomic E-state index is 12.4. The number of anilines is 2. The van der Waals surface area contributed by atoms with Gasteiger partial charge in [0.25, 0.3) is 5.91 Å². The van der Waals surface area contributed by atoms with Gasteiger partial charge in [0.2, 0.25) is 0 Å². The van der Waals surface area contributed by atoms with Gasteiger partial charge in [-0.15, -0.1) is 0 Å². The van der Waals surface area contributed by atoms with Gasteiger partial charge in [0.05, 0.1) is 11.4 Å². The van der Waals surface area contributed by atoms with Crippen LogP contribution in [0.15, 0.2) is 18.2 Å². The average Bonchev–Trinajstić information content (AvgIpc) is 2.50. The number of rotatable bonds is 3. The first-order valence-corrected chi connectivity index (χ1v) is 7.75. The molecule has 0 radical (unpaired) electrons. The smallest absolute Gasteiger partial charge is 0.267 e. The van der Waals surface area contributed by atoms with Gasteiger partial charge in [0.1, 0.15) is 0 Å². The minimum absolute atomic E-state index is 0.0186. The van der Waals surface area contributed by atoms with Gasteiger partial charge in [-0.3, -0.25) is 4.79 Å². The summed E-state index contributed by atoms with van der Waals surface area (Å²) >= 11 is 0. The van der Waals surface area contributed by atoms with Crippen LogP contribution in [0.4, 0.5) is 11.4 Å². The quantitative estimate of drug-likeness (QED) is 0.863. The number of nitrogen functional groups attached to an aromatic ring is 1. The van der Waals surface area contributed by atoms with E-state index in [1.54, 1.807) is 6.92 Å². The molecule has 2 aliphatic rings. The number of ether oxygens (including phenoxy) is 1. The van der Waals surface area contributed by atoms with Crippen LogP contribution in [0.1, 0.15) is 26.2 Å². The number of likely N-dealkylation sites (tertiary alicyclic amines) is 1. The Morgan fingerprint density at radius 1 is 1.24 bits per heavy atom. The lowest BCUT2D eigenvalue weighted by molar-refractivity contribution is -0.125. The van der Waals surface area contributed by atoms with E-state index in [0.717, 1.165) is 25.3 Å². The number of nitrogens with two attached hydrogens (primary N) is 1. The van der Waals surface area contributed by atoms with Crippen molar-refractivity contribution in [3.63, 3.8) is 0 Å². The highest BCUT2D eigenvalue weighted by Gasteiger charge is 2.32. The molecule has 2 N–H and O–H groups in total. The Bertz CT molecular complexity index is 526. The Balaban J connectivity index is 1.77. The molecular formula is C16H23N3O2. The van der Waals surface area contributed by atoms with Crippen LogP contribution in [0, 0.1) is 0 Å². The van der Waals surface area contributed by atoms with E-state index in [1.165, 1.54) is 19.3 Å². The summed E-state index contributed by atoms with van der Waals surface area (Å²) in [6.45, 7) is 5.66. The highest BCUT2D eigenvalue weighted by Crippen LogP contribution is 2.38. The van der Waals surface area contributed by atoms with Crippen LogP contribution < -0.4 is 15.4 Å². The van der Waals surface area contributed by atoms with Crippen LogP contribution in [0.25, 0.3) is 0 Å². The highest BCUT2D eigenvalue weighted by molar-refractivity contribution is 6.01. The molecular weight excluding hydrogens is 266 g/mol. The monoisotopic (exact) mass is 289 g/mol. The summed E-state index contributed by atoms with van der Waals surface area (Å²) in [5.41, 5.74) is 7.37. The van der Waals surface area contributed by atoms with Gasteiger partial charge >= 0.3 is 0 Å². The number of nitrogens with zero attached hydrogens (tertiary/aromatic N) is 2.